The van der Waals surface area contributed by atoms with Gasteiger partial charge in [-0.05, 0) is 79.2 Å². The van der Waals surface area contributed by atoms with E-state index < -0.39 is 15.8 Å². The lowest BCUT2D eigenvalue weighted by atomic mass is 10.1. The van der Waals surface area contributed by atoms with Crippen LogP contribution >= 0.6 is 11.6 Å². The molecule has 0 bridgehead atoms. The van der Waals surface area contributed by atoms with Crippen molar-refractivity contribution in [1.29, 1.82) is 0 Å². The van der Waals surface area contributed by atoms with Crippen molar-refractivity contribution in [2.24, 2.45) is 0 Å². The minimum absolute atomic E-state index is 0.113. The Balaban J connectivity index is 1.83. The van der Waals surface area contributed by atoms with E-state index in [1.165, 1.54) is 61.6 Å². The van der Waals surface area contributed by atoms with Crippen LogP contribution in [0.2, 0.25) is 5.02 Å². The van der Waals surface area contributed by atoms with Crippen LogP contribution in [0.15, 0.2) is 71.6 Å². The second-order valence-corrected chi connectivity index (χ2v) is 8.79. The fraction of sp³-hybridized carbons (Fsp3) is 0.0952. The summed E-state index contributed by atoms with van der Waals surface area (Å²) in [5.74, 6) is -0.775. The van der Waals surface area contributed by atoms with Gasteiger partial charge in [-0.3, -0.25) is 9.10 Å². The molecular formula is C21H18ClFN2O3S. The van der Waals surface area contributed by atoms with E-state index in [1.54, 1.807) is 19.1 Å². The highest BCUT2D eigenvalue weighted by atomic mass is 35.5. The average Bonchev–Trinajstić information content (AvgIpc) is 2.69. The largest absolute Gasteiger partial charge is 0.322 e. The van der Waals surface area contributed by atoms with E-state index in [-0.39, 0.29) is 10.8 Å². The quantitative estimate of drug-likeness (QED) is 0.625. The van der Waals surface area contributed by atoms with Crippen molar-refractivity contribution < 1.29 is 17.6 Å². The summed E-state index contributed by atoms with van der Waals surface area (Å²) in [6, 6.07) is 16.0. The predicted octanol–water partition coefficient (Wildman–Crippen LogP) is 4.86. The van der Waals surface area contributed by atoms with Crippen LogP contribution in [-0.4, -0.2) is 21.4 Å². The first kappa shape index (κ1) is 20.8. The Morgan fingerprint density at radius 3 is 2.21 bits per heavy atom. The molecule has 3 aromatic rings. The third-order valence-corrected chi connectivity index (χ3v) is 6.41. The van der Waals surface area contributed by atoms with Crippen molar-refractivity contribution in [1.82, 2.24) is 0 Å². The van der Waals surface area contributed by atoms with Gasteiger partial charge in [0.15, 0.2) is 0 Å². The molecule has 0 aliphatic carbocycles. The number of hydrogen-bond donors (Lipinski definition) is 1. The number of nitrogens with one attached hydrogen (secondary N) is 1. The van der Waals surface area contributed by atoms with E-state index in [4.69, 9.17) is 11.6 Å². The number of nitrogens with zero attached hydrogens (tertiary/aromatic N) is 1. The molecule has 0 aliphatic rings. The molecule has 1 N–H and O–H groups in total. The van der Waals surface area contributed by atoms with Gasteiger partial charge in [0.25, 0.3) is 15.9 Å². The van der Waals surface area contributed by atoms with Crippen LogP contribution in [0.25, 0.3) is 0 Å². The molecule has 5 nitrogen and oxygen atoms in total. The average molecular weight is 433 g/mol. The van der Waals surface area contributed by atoms with Crippen LogP contribution in [0.1, 0.15) is 15.9 Å². The molecule has 29 heavy (non-hydrogen) atoms. The van der Waals surface area contributed by atoms with Gasteiger partial charge >= 0.3 is 0 Å². The number of carbonyl (C=O) groups is 1. The number of anilines is 2. The van der Waals surface area contributed by atoms with Crippen molar-refractivity contribution in [3.05, 3.63) is 88.7 Å². The summed E-state index contributed by atoms with van der Waals surface area (Å²) in [7, 11) is -2.33. The van der Waals surface area contributed by atoms with Gasteiger partial charge in [-0.2, -0.15) is 0 Å². The topological polar surface area (TPSA) is 66.5 Å². The molecule has 0 spiro atoms. The SMILES string of the molecule is Cc1cc(C(=O)Nc2ccc(F)cc2)ccc1N(C)S(=O)(=O)c1ccc(Cl)cc1. The van der Waals surface area contributed by atoms with Crippen LogP contribution < -0.4 is 9.62 Å². The number of rotatable bonds is 5. The van der Waals surface area contributed by atoms with E-state index in [0.29, 0.717) is 27.5 Å². The lowest BCUT2D eigenvalue weighted by Crippen LogP contribution is -2.27. The number of benzene rings is 3. The van der Waals surface area contributed by atoms with Gasteiger partial charge in [0.05, 0.1) is 10.6 Å². The third-order valence-electron chi connectivity index (χ3n) is 4.37. The highest BCUT2D eigenvalue weighted by Gasteiger charge is 2.23. The number of carbonyl (C=O) groups excluding carboxylic acids is 1. The Morgan fingerprint density at radius 2 is 1.62 bits per heavy atom. The third kappa shape index (κ3) is 4.58. The first-order valence-corrected chi connectivity index (χ1v) is 10.4. The van der Waals surface area contributed by atoms with Crippen LogP contribution in [0.3, 0.4) is 0 Å². The van der Waals surface area contributed by atoms with Gasteiger partial charge in [0.2, 0.25) is 0 Å². The molecule has 0 saturated carbocycles. The molecule has 0 saturated heterocycles. The van der Waals surface area contributed by atoms with Gasteiger partial charge in [-0.15, -0.1) is 0 Å². The van der Waals surface area contributed by atoms with Gasteiger partial charge in [-0.1, -0.05) is 11.6 Å². The number of aryl methyl sites for hydroxylation is 1. The van der Waals surface area contributed by atoms with E-state index in [1.807, 2.05) is 0 Å². The van der Waals surface area contributed by atoms with Crippen LogP contribution in [0, 0.1) is 12.7 Å². The number of hydrogen-bond acceptors (Lipinski definition) is 3. The minimum Gasteiger partial charge on any atom is -0.322 e. The smallest absolute Gasteiger partial charge is 0.264 e. The molecule has 8 heteroatoms. The maximum atomic E-state index is 13.0. The lowest BCUT2D eigenvalue weighted by Gasteiger charge is -2.22. The second-order valence-electron chi connectivity index (χ2n) is 6.39. The van der Waals surface area contributed by atoms with E-state index in [9.17, 15) is 17.6 Å². The fourth-order valence-electron chi connectivity index (χ4n) is 2.78. The summed E-state index contributed by atoms with van der Waals surface area (Å²) >= 11 is 5.83. The normalized spacial score (nSPS) is 11.2. The molecular weight excluding hydrogens is 415 g/mol. The Bertz CT molecular complexity index is 1150. The van der Waals surface area contributed by atoms with Gasteiger partial charge in [-0.25, -0.2) is 12.8 Å². The van der Waals surface area contributed by atoms with Crippen LogP contribution in [0.5, 0.6) is 0 Å². The predicted molar refractivity (Wildman–Crippen MR) is 113 cm³/mol. The summed E-state index contributed by atoms with van der Waals surface area (Å²) in [6.45, 7) is 1.72. The number of amides is 1. The molecule has 0 heterocycles. The Morgan fingerprint density at radius 1 is 1.00 bits per heavy atom. The maximum Gasteiger partial charge on any atom is 0.264 e. The zero-order valence-electron chi connectivity index (χ0n) is 15.7. The monoisotopic (exact) mass is 432 g/mol. The molecule has 0 atom stereocenters. The summed E-state index contributed by atoms with van der Waals surface area (Å²) < 4.78 is 39.9. The summed E-state index contributed by atoms with van der Waals surface area (Å²) in [5.41, 5.74) is 1.86. The fourth-order valence-corrected chi connectivity index (χ4v) is 4.17. The maximum absolute atomic E-state index is 13.0. The highest BCUT2D eigenvalue weighted by molar-refractivity contribution is 7.92. The Hall–Kier alpha value is -2.90. The minimum atomic E-state index is -3.78. The number of sulfonamides is 1. The van der Waals surface area contributed by atoms with Crippen LogP contribution in [0.4, 0.5) is 15.8 Å². The molecule has 0 radical (unpaired) electrons. The Labute approximate surface area is 173 Å². The number of halogens is 2. The van der Waals surface area contributed by atoms with E-state index in [2.05, 4.69) is 5.32 Å². The standard InChI is InChI=1S/C21H18ClFN2O3S/c1-14-13-15(21(26)24-18-8-6-17(23)7-9-18)3-12-20(14)25(2)29(27,28)19-10-4-16(22)5-11-19/h3-13H,1-2H3,(H,24,26). The molecule has 0 aromatic heterocycles. The molecule has 3 aromatic carbocycles. The summed E-state index contributed by atoms with van der Waals surface area (Å²) in [5, 5.41) is 3.12. The van der Waals surface area contributed by atoms with Crippen molar-refractivity contribution >= 4 is 38.9 Å². The van der Waals surface area contributed by atoms with Gasteiger partial charge < -0.3 is 5.32 Å². The first-order valence-electron chi connectivity index (χ1n) is 8.60. The summed E-state index contributed by atoms with van der Waals surface area (Å²) in [6.07, 6.45) is 0. The molecule has 1 amide bonds. The van der Waals surface area contributed by atoms with Crippen molar-refractivity contribution in [2.75, 3.05) is 16.7 Å². The van der Waals surface area contributed by atoms with E-state index in [0.717, 1.165) is 4.31 Å². The highest BCUT2D eigenvalue weighted by Crippen LogP contribution is 2.27. The molecule has 3 rings (SSSR count). The second kappa shape index (κ2) is 8.23. The molecule has 0 fully saturated rings. The lowest BCUT2D eigenvalue weighted by molar-refractivity contribution is 0.102. The van der Waals surface area contributed by atoms with Crippen LogP contribution in [-0.2, 0) is 10.0 Å². The van der Waals surface area contributed by atoms with Crippen molar-refractivity contribution in [2.45, 2.75) is 11.8 Å². The van der Waals surface area contributed by atoms with Gasteiger partial charge in [0.1, 0.15) is 5.82 Å². The summed E-state index contributed by atoms with van der Waals surface area (Å²) in [4.78, 5) is 12.5. The van der Waals surface area contributed by atoms with Crippen molar-refractivity contribution in [3.8, 4) is 0 Å². The molecule has 0 aliphatic heterocycles. The molecule has 150 valence electrons. The zero-order valence-corrected chi connectivity index (χ0v) is 17.3. The molecule has 0 unspecified atom stereocenters. The zero-order chi connectivity index (χ0) is 21.2. The first-order chi connectivity index (χ1) is 13.7. The van der Waals surface area contributed by atoms with E-state index >= 15 is 0 Å². The van der Waals surface area contributed by atoms with Crippen molar-refractivity contribution in [3.63, 3.8) is 0 Å². The Kier molecular flexibility index (Phi) is 5.91. The van der Waals surface area contributed by atoms with Gasteiger partial charge in [0, 0.05) is 23.3 Å².